The Morgan fingerprint density at radius 3 is 2.62 bits per heavy atom. The molecular formula is C19H21ClF3N3O6. The number of carbonyl (C=O) groups excluding carboxylic acids is 1. The topological polar surface area (TPSA) is 105 Å². The summed E-state index contributed by atoms with van der Waals surface area (Å²) in [7, 11) is 0. The summed E-state index contributed by atoms with van der Waals surface area (Å²) in [6.07, 6.45) is -3.92. The van der Waals surface area contributed by atoms with Gasteiger partial charge in [0.15, 0.2) is 6.61 Å². The minimum atomic E-state index is -4.39. The van der Waals surface area contributed by atoms with Crippen molar-refractivity contribution >= 4 is 17.5 Å². The van der Waals surface area contributed by atoms with Crippen LogP contribution in [0.4, 0.5) is 13.2 Å². The molecule has 1 N–H and O–H groups in total. The van der Waals surface area contributed by atoms with E-state index in [1.165, 1.54) is 0 Å². The van der Waals surface area contributed by atoms with Gasteiger partial charge in [0.05, 0.1) is 19.3 Å². The first-order chi connectivity index (χ1) is 15.3. The Morgan fingerprint density at radius 2 is 1.94 bits per heavy atom. The van der Waals surface area contributed by atoms with E-state index in [4.69, 9.17) is 30.2 Å². The number of hydrogen-bond donors (Lipinski definition) is 1. The highest BCUT2D eigenvalue weighted by Crippen LogP contribution is 2.28. The molecule has 1 aliphatic heterocycles. The van der Waals surface area contributed by atoms with Crippen LogP contribution in [0.2, 0.25) is 5.02 Å². The number of hydrogen-bond acceptors (Lipinski definition) is 8. The van der Waals surface area contributed by atoms with Gasteiger partial charge in [0.1, 0.15) is 25.1 Å². The van der Waals surface area contributed by atoms with E-state index in [1.807, 2.05) is 0 Å². The van der Waals surface area contributed by atoms with E-state index in [0.29, 0.717) is 23.6 Å². The minimum Gasteiger partial charge on any atom is -0.484 e. The fourth-order valence-corrected chi connectivity index (χ4v) is 2.92. The van der Waals surface area contributed by atoms with Gasteiger partial charge in [0.2, 0.25) is 5.89 Å². The molecule has 0 unspecified atom stereocenters. The summed E-state index contributed by atoms with van der Waals surface area (Å²) in [5, 5.41) is 10.9. The smallest absolute Gasteiger partial charge is 0.414 e. The number of benzene rings is 1. The average Bonchev–Trinajstić information content (AvgIpc) is 3.22. The molecule has 13 heteroatoms. The highest BCUT2D eigenvalue weighted by molar-refractivity contribution is 6.30. The molecule has 1 aromatic heterocycles. The number of carbonyl (C=O) groups is 1. The van der Waals surface area contributed by atoms with Gasteiger partial charge >= 0.3 is 12.3 Å². The fraction of sp³-hybridized carbons (Fsp3) is 0.526. The maximum Gasteiger partial charge on any atom is 0.414 e. The second kappa shape index (κ2) is 11.3. The van der Waals surface area contributed by atoms with Gasteiger partial charge in [-0.2, -0.15) is 13.2 Å². The predicted molar refractivity (Wildman–Crippen MR) is 103 cm³/mol. The van der Waals surface area contributed by atoms with Crippen LogP contribution in [-0.2, 0) is 14.3 Å². The van der Waals surface area contributed by atoms with Crippen LogP contribution in [0.15, 0.2) is 28.7 Å². The first-order valence-corrected chi connectivity index (χ1v) is 10.1. The Kier molecular flexibility index (Phi) is 8.53. The van der Waals surface area contributed by atoms with Crippen LogP contribution < -0.4 is 14.8 Å². The molecule has 3 rings (SSSR count). The Hall–Kier alpha value is -2.57. The molecule has 1 fully saturated rings. The fourth-order valence-electron chi connectivity index (χ4n) is 2.79. The molecule has 2 aromatic rings. The molecule has 1 aliphatic rings. The summed E-state index contributed by atoms with van der Waals surface area (Å²) >= 11 is 5.80. The van der Waals surface area contributed by atoms with Crippen molar-refractivity contribution in [3.8, 4) is 11.8 Å². The predicted octanol–water partition coefficient (Wildman–Crippen LogP) is 3.10. The summed E-state index contributed by atoms with van der Waals surface area (Å²) in [4.78, 5) is 12.1. The number of alkyl halides is 3. The zero-order chi connectivity index (χ0) is 23.0. The first-order valence-electron chi connectivity index (χ1n) is 9.68. The van der Waals surface area contributed by atoms with Crippen molar-refractivity contribution in [2.24, 2.45) is 0 Å². The average molecular weight is 480 g/mol. The lowest BCUT2D eigenvalue weighted by molar-refractivity contribution is -0.175. The summed E-state index contributed by atoms with van der Waals surface area (Å²) in [5.41, 5.74) is 0. The second-order valence-corrected chi connectivity index (χ2v) is 7.27. The quantitative estimate of drug-likeness (QED) is 0.518. The molecule has 1 saturated heterocycles. The Morgan fingerprint density at radius 1 is 1.16 bits per heavy atom. The van der Waals surface area contributed by atoms with E-state index < -0.39 is 18.9 Å². The van der Waals surface area contributed by atoms with Gasteiger partial charge in [-0.3, -0.25) is 4.79 Å². The normalized spacial score (nSPS) is 18.9. The zero-order valence-corrected chi connectivity index (χ0v) is 17.5. The number of aromatic nitrogens is 2. The van der Waals surface area contributed by atoms with Gasteiger partial charge in [0, 0.05) is 5.02 Å². The van der Waals surface area contributed by atoms with Gasteiger partial charge in [-0.15, -0.1) is 5.10 Å². The third kappa shape index (κ3) is 8.17. The van der Waals surface area contributed by atoms with Crippen LogP contribution in [0.1, 0.15) is 24.8 Å². The first kappa shape index (κ1) is 24.1. The molecular weight excluding hydrogens is 459 g/mol. The zero-order valence-electron chi connectivity index (χ0n) is 16.8. The van der Waals surface area contributed by atoms with Gasteiger partial charge in [0.25, 0.3) is 5.91 Å². The third-order valence-corrected chi connectivity index (χ3v) is 4.49. The maximum absolute atomic E-state index is 12.1. The van der Waals surface area contributed by atoms with Crippen molar-refractivity contribution in [2.75, 3.05) is 33.0 Å². The SMILES string of the molecule is O=C(COc1ccc(Cl)cc1)N[C@H]1CC[C@H](c2nnc(OCCOCC(F)(F)F)o2)OC1. The molecule has 0 aliphatic carbocycles. The van der Waals surface area contributed by atoms with Crippen molar-refractivity contribution in [3.05, 3.63) is 35.2 Å². The van der Waals surface area contributed by atoms with Gasteiger partial charge in [-0.05, 0) is 37.1 Å². The van der Waals surface area contributed by atoms with Crippen LogP contribution in [0, 0.1) is 0 Å². The Labute approximate surface area is 186 Å². The van der Waals surface area contributed by atoms with E-state index in [9.17, 15) is 18.0 Å². The van der Waals surface area contributed by atoms with Crippen LogP contribution >= 0.6 is 11.6 Å². The lowest BCUT2D eigenvalue weighted by Crippen LogP contribution is -2.43. The highest BCUT2D eigenvalue weighted by Gasteiger charge is 2.29. The molecule has 9 nitrogen and oxygen atoms in total. The number of ether oxygens (including phenoxy) is 4. The molecule has 1 aromatic carbocycles. The van der Waals surface area contributed by atoms with Gasteiger partial charge in [-0.1, -0.05) is 16.7 Å². The monoisotopic (exact) mass is 479 g/mol. The minimum absolute atomic E-state index is 0.140. The van der Waals surface area contributed by atoms with Crippen LogP contribution in [0.5, 0.6) is 11.8 Å². The van der Waals surface area contributed by atoms with Crippen molar-refractivity contribution in [2.45, 2.75) is 31.2 Å². The van der Waals surface area contributed by atoms with Crippen molar-refractivity contribution in [1.82, 2.24) is 15.5 Å². The Bertz CT molecular complexity index is 857. The van der Waals surface area contributed by atoms with Crippen molar-refractivity contribution in [1.29, 1.82) is 0 Å². The summed E-state index contributed by atoms with van der Waals surface area (Å²) in [6, 6.07) is 6.47. The molecule has 0 radical (unpaired) electrons. The molecule has 32 heavy (non-hydrogen) atoms. The number of halogens is 4. The summed E-state index contributed by atoms with van der Waals surface area (Å²) in [6.45, 7) is -1.71. The van der Waals surface area contributed by atoms with E-state index >= 15 is 0 Å². The molecule has 0 spiro atoms. The number of nitrogens with zero attached hydrogens (tertiary/aromatic N) is 2. The third-order valence-electron chi connectivity index (χ3n) is 4.24. The number of nitrogens with one attached hydrogen (secondary N) is 1. The molecule has 2 atom stereocenters. The second-order valence-electron chi connectivity index (χ2n) is 6.83. The number of rotatable bonds is 10. The van der Waals surface area contributed by atoms with Crippen LogP contribution in [-0.4, -0.2) is 61.4 Å². The van der Waals surface area contributed by atoms with Crippen LogP contribution in [0.25, 0.3) is 0 Å². The van der Waals surface area contributed by atoms with Gasteiger partial charge in [-0.25, -0.2) is 0 Å². The largest absolute Gasteiger partial charge is 0.484 e. The highest BCUT2D eigenvalue weighted by atomic mass is 35.5. The summed E-state index contributed by atoms with van der Waals surface area (Å²) < 4.78 is 61.8. The standard InChI is InChI=1S/C19H21ClF3N3O6/c20-12-1-4-14(5-2-12)30-10-16(27)24-13-3-6-15(31-9-13)17-25-26-18(32-17)29-8-7-28-11-19(21,22)23/h1-2,4-5,13,15H,3,6-11H2,(H,24,27)/t13-,15+/m0/s1. The van der Waals surface area contributed by atoms with Crippen LogP contribution in [0.3, 0.4) is 0 Å². The Balaban J connectivity index is 1.33. The van der Waals surface area contributed by atoms with E-state index in [2.05, 4.69) is 20.3 Å². The number of amides is 1. The molecule has 1 amide bonds. The van der Waals surface area contributed by atoms with E-state index in [1.54, 1.807) is 24.3 Å². The van der Waals surface area contributed by atoms with E-state index in [0.717, 1.165) is 0 Å². The van der Waals surface area contributed by atoms with Crippen molar-refractivity contribution in [3.63, 3.8) is 0 Å². The molecule has 0 saturated carbocycles. The van der Waals surface area contributed by atoms with Crippen molar-refractivity contribution < 1.29 is 41.3 Å². The lowest BCUT2D eigenvalue weighted by atomic mass is 10.1. The molecule has 0 bridgehead atoms. The lowest BCUT2D eigenvalue weighted by Gasteiger charge is -2.27. The molecule has 176 valence electrons. The summed E-state index contributed by atoms with van der Waals surface area (Å²) in [5.74, 6) is 0.436. The molecule has 2 heterocycles. The van der Waals surface area contributed by atoms with E-state index in [-0.39, 0.29) is 50.3 Å². The maximum atomic E-state index is 12.1. The van der Waals surface area contributed by atoms with Gasteiger partial charge < -0.3 is 28.7 Å².